The molecule has 0 saturated heterocycles. The molecule has 0 spiro atoms. The average Bonchev–Trinajstić information content (AvgIpc) is 3.02. The van der Waals surface area contributed by atoms with Gasteiger partial charge in [-0.15, -0.1) is 0 Å². The highest BCUT2D eigenvalue weighted by Crippen LogP contribution is 2.27. The van der Waals surface area contributed by atoms with Gasteiger partial charge in [-0.3, -0.25) is 4.79 Å². The Kier molecular flexibility index (Phi) is 3.90. The van der Waals surface area contributed by atoms with Gasteiger partial charge >= 0.3 is 0 Å². The molecule has 1 aromatic heterocycles. The summed E-state index contributed by atoms with van der Waals surface area (Å²) in [5.74, 6) is 1.27. The number of hydrogen-bond donors (Lipinski definition) is 1. The quantitative estimate of drug-likeness (QED) is 0.781. The SMILES string of the molecule is O=C(NCC1COc2ccccc2C1)c1cc2cc(Cl)ccc2o1. The van der Waals surface area contributed by atoms with Gasteiger partial charge in [-0.2, -0.15) is 0 Å². The summed E-state index contributed by atoms with van der Waals surface area (Å²) in [5.41, 5.74) is 1.83. The van der Waals surface area contributed by atoms with E-state index >= 15 is 0 Å². The summed E-state index contributed by atoms with van der Waals surface area (Å²) in [4.78, 5) is 12.3. The Morgan fingerprint density at radius 3 is 3.00 bits per heavy atom. The zero-order chi connectivity index (χ0) is 16.5. The molecule has 1 aliphatic rings. The van der Waals surface area contributed by atoms with Crippen LogP contribution in [0.4, 0.5) is 0 Å². The van der Waals surface area contributed by atoms with Crippen LogP contribution in [0.3, 0.4) is 0 Å². The van der Waals surface area contributed by atoms with Crippen LogP contribution in [-0.4, -0.2) is 19.1 Å². The van der Waals surface area contributed by atoms with Crippen molar-refractivity contribution in [2.75, 3.05) is 13.2 Å². The van der Waals surface area contributed by atoms with Crippen molar-refractivity contribution in [1.29, 1.82) is 0 Å². The minimum Gasteiger partial charge on any atom is -0.493 e. The smallest absolute Gasteiger partial charge is 0.287 e. The lowest BCUT2D eigenvalue weighted by Crippen LogP contribution is -2.34. The Balaban J connectivity index is 1.41. The number of hydrogen-bond acceptors (Lipinski definition) is 3. The first-order chi connectivity index (χ1) is 11.7. The maximum absolute atomic E-state index is 12.3. The molecular weight excluding hydrogens is 326 g/mol. The van der Waals surface area contributed by atoms with E-state index in [4.69, 9.17) is 20.8 Å². The Morgan fingerprint density at radius 1 is 1.21 bits per heavy atom. The largest absolute Gasteiger partial charge is 0.493 e. The second kappa shape index (κ2) is 6.21. The average molecular weight is 342 g/mol. The van der Waals surface area contributed by atoms with Gasteiger partial charge in [-0.1, -0.05) is 29.8 Å². The van der Waals surface area contributed by atoms with Crippen LogP contribution in [0.25, 0.3) is 11.0 Å². The highest BCUT2D eigenvalue weighted by Gasteiger charge is 2.21. The van der Waals surface area contributed by atoms with Gasteiger partial charge in [0.2, 0.25) is 0 Å². The van der Waals surface area contributed by atoms with E-state index in [1.54, 1.807) is 24.3 Å². The van der Waals surface area contributed by atoms with Crippen molar-refractivity contribution in [2.45, 2.75) is 6.42 Å². The molecule has 4 rings (SSSR count). The van der Waals surface area contributed by atoms with Gasteiger partial charge in [-0.25, -0.2) is 0 Å². The predicted molar refractivity (Wildman–Crippen MR) is 92.7 cm³/mol. The molecule has 122 valence electrons. The topological polar surface area (TPSA) is 51.5 Å². The summed E-state index contributed by atoms with van der Waals surface area (Å²) in [5, 5.41) is 4.37. The summed E-state index contributed by atoms with van der Waals surface area (Å²) < 4.78 is 11.3. The van der Waals surface area contributed by atoms with Crippen molar-refractivity contribution in [3.63, 3.8) is 0 Å². The predicted octanol–water partition coefficient (Wildman–Crippen LogP) is 4.07. The molecule has 24 heavy (non-hydrogen) atoms. The van der Waals surface area contributed by atoms with Gasteiger partial charge in [0, 0.05) is 22.9 Å². The summed E-state index contributed by atoms with van der Waals surface area (Å²) >= 11 is 5.96. The Morgan fingerprint density at radius 2 is 2.08 bits per heavy atom. The van der Waals surface area contributed by atoms with Crippen LogP contribution >= 0.6 is 11.6 Å². The summed E-state index contributed by atoms with van der Waals surface area (Å²) in [6, 6.07) is 15.0. The van der Waals surface area contributed by atoms with Gasteiger partial charge in [0.1, 0.15) is 11.3 Å². The summed E-state index contributed by atoms with van der Waals surface area (Å²) in [6.07, 6.45) is 0.895. The number of ether oxygens (including phenoxy) is 1. The first kappa shape index (κ1) is 15.1. The Labute approximate surface area is 144 Å². The maximum atomic E-state index is 12.3. The van der Waals surface area contributed by atoms with Gasteiger partial charge in [0.05, 0.1) is 6.61 Å². The van der Waals surface area contributed by atoms with Crippen molar-refractivity contribution < 1.29 is 13.9 Å². The molecule has 1 amide bonds. The van der Waals surface area contributed by atoms with Crippen LogP contribution in [0.2, 0.25) is 5.02 Å². The molecule has 4 nitrogen and oxygen atoms in total. The molecular formula is C19H16ClNO3. The fourth-order valence-corrected chi connectivity index (χ4v) is 3.15. The molecule has 2 heterocycles. The first-order valence-corrected chi connectivity index (χ1v) is 8.25. The number of halogens is 1. The highest BCUT2D eigenvalue weighted by atomic mass is 35.5. The Hall–Kier alpha value is -2.46. The van der Waals surface area contributed by atoms with Crippen LogP contribution in [0, 0.1) is 5.92 Å². The van der Waals surface area contributed by atoms with E-state index < -0.39 is 0 Å². The molecule has 1 aliphatic heterocycles. The monoisotopic (exact) mass is 341 g/mol. The zero-order valence-corrected chi connectivity index (χ0v) is 13.7. The van der Waals surface area contributed by atoms with Crippen molar-refractivity contribution in [3.05, 3.63) is 64.9 Å². The van der Waals surface area contributed by atoms with Crippen LogP contribution in [0.15, 0.2) is 52.9 Å². The fourth-order valence-electron chi connectivity index (χ4n) is 2.97. The number of carbonyl (C=O) groups is 1. The van der Waals surface area contributed by atoms with Crippen molar-refractivity contribution in [2.24, 2.45) is 5.92 Å². The van der Waals surface area contributed by atoms with Crippen molar-refractivity contribution in [3.8, 4) is 5.75 Å². The van der Waals surface area contributed by atoms with Crippen molar-refractivity contribution in [1.82, 2.24) is 5.32 Å². The van der Waals surface area contributed by atoms with Crippen LogP contribution in [0.1, 0.15) is 16.1 Å². The molecule has 0 bridgehead atoms. The van der Waals surface area contributed by atoms with E-state index in [0.717, 1.165) is 17.6 Å². The number of para-hydroxylation sites is 1. The third-order valence-corrected chi connectivity index (χ3v) is 4.44. The lowest BCUT2D eigenvalue weighted by atomic mass is 9.97. The van der Waals surface area contributed by atoms with E-state index in [0.29, 0.717) is 29.5 Å². The molecule has 1 unspecified atom stereocenters. The van der Waals surface area contributed by atoms with E-state index in [1.807, 2.05) is 18.2 Å². The van der Waals surface area contributed by atoms with Crippen LogP contribution in [-0.2, 0) is 6.42 Å². The lowest BCUT2D eigenvalue weighted by molar-refractivity contribution is 0.0913. The molecule has 0 radical (unpaired) electrons. The number of furan rings is 1. The number of amides is 1. The van der Waals surface area contributed by atoms with E-state index in [-0.39, 0.29) is 11.8 Å². The summed E-state index contributed by atoms with van der Waals surface area (Å²) in [6.45, 7) is 1.15. The van der Waals surface area contributed by atoms with Crippen molar-refractivity contribution >= 4 is 28.5 Å². The number of benzene rings is 2. The molecule has 0 fully saturated rings. The lowest BCUT2D eigenvalue weighted by Gasteiger charge is -2.25. The molecule has 1 atom stereocenters. The van der Waals surface area contributed by atoms with E-state index in [9.17, 15) is 4.79 Å². The standard InChI is InChI=1S/C19H16ClNO3/c20-15-5-6-17-14(8-15)9-18(24-17)19(22)21-10-12-7-13-3-1-2-4-16(13)23-11-12/h1-6,8-9,12H,7,10-11H2,(H,21,22). The van der Waals surface area contributed by atoms with Crippen LogP contribution < -0.4 is 10.1 Å². The van der Waals surface area contributed by atoms with Gasteiger partial charge in [0.25, 0.3) is 5.91 Å². The minimum atomic E-state index is -0.221. The van der Waals surface area contributed by atoms with E-state index in [2.05, 4.69) is 11.4 Å². The molecule has 0 saturated carbocycles. The van der Waals surface area contributed by atoms with Crippen LogP contribution in [0.5, 0.6) is 5.75 Å². The molecule has 3 aromatic rings. The zero-order valence-electron chi connectivity index (χ0n) is 12.9. The van der Waals surface area contributed by atoms with Gasteiger partial charge < -0.3 is 14.5 Å². The summed E-state index contributed by atoms with van der Waals surface area (Å²) in [7, 11) is 0. The molecule has 0 aliphatic carbocycles. The van der Waals surface area contributed by atoms with E-state index in [1.165, 1.54) is 5.56 Å². The second-order valence-electron chi connectivity index (χ2n) is 5.99. The maximum Gasteiger partial charge on any atom is 0.287 e. The van der Waals surface area contributed by atoms with Gasteiger partial charge in [-0.05, 0) is 42.3 Å². The Bertz CT molecular complexity index is 903. The molecule has 5 heteroatoms. The first-order valence-electron chi connectivity index (χ1n) is 7.87. The molecule has 2 aromatic carbocycles. The molecule has 1 N–H and O–H groups in total. The fraction of sp³-hybridized carbons (Fsp3) is 0.211. The normalized spacial score (nSPS) is 16.5. The highest BCUT2D eigenvalue weighted by molar-refractivity contribution is 6.31. The van der Waals surface area contributed by atoms with Gasteiger partial charge in [0.15, 0.2) is 5.76 Å². The number of rotatable bonds is 3. The third-order valence-electron chi connectivity index (χ3n) is 4.21. The third kappa shape index (κ3) is 2.97. The number of carbonyl (C=O) groups excluding carboxylic acids is 1. The minimum absolute atomic E-state index is 0.221. The second-order valence-corrected chi connectivity index (χ2v) is 6.43. The number of fused-ring (bicyclic) bond motifs is 2. The number of nitrogens with one attached hydrogen (secondary N) is 1.